The highest BCUT2D eigenvalue weighted by molar-refractivity contribution is 6.00. The van der Waals surface area contributed by atoms with Gasteiger partial charge in [0.1, 0.15) is 17.3 Å². The van der Waals surface area contributed by atoms with E-state index in [0.29, 0.717) is 19.3 Å². The quantitative estimate of drug-likeness (QED) is 0.286. The van der Waals surface area contributed by atoms with E-state index in [1.165, 1.54) is 6.92 Å². The van der Waals surface area contributed by atoms with Gasteiger partial charge in [0, 0.05) is 30.2 Å². The van der Waals surface area contributed by atoms with E-state index in [1.807, 2.05) is 27.7 Å². The number of hydrogen-bond acceptors (Lipinski definition) is 4. The Morgan fingerprint density at radius 1 is 1.03 bits per heavy atom. The van der Waals surface area contributed by atoms with Crippen molar-refractivity contribution >= 4 is 23.1 Å². The maximum atomic E-state index is 13.3. The Bertz CT molecular complexity index is 897. The molecular formula is C30H44O4. The smallest absolute Gasteiger partial charge is 0.163 e. The van der Waals surface area contributed by atoms with Gasteiger partial charge in [-0.3, -0.25) is 19.2 Å². The Labute approximate surface area is 206 Å². The minimum Gasteiger partial charge on any atom is -0.300 e. The number of hydrogen-bond donors (Lipinski definition) is 0. The fourth-order valence-electron chi connectivity index (χ4n) is 5.92. The second-order valence-corrected chi connectivity index (χ2v) is 10.5. The van der Waals surface area contributed by atoms with E-state index in [0.717, 1.165) is 60.8 Å². The lowest BCUT2D eigenvalue weighted by molar-refractivity contribution is -0.130. The molecule has 4 unspecified atom stereocenters. The average Bonchev–Trinajstić information content (AvgIpc) is 2.75. The fraction of sp³-hybridized carbons (Fsp3) is 0.667. The number of carbonyl (C=O) groups is 4. The Morgan fingerprint density at radius 2 is 1.74 bits per heavy atom. The number of rotatable bonds is 14. The standard InChI is InChI=1S/C30H44O4/c1-7-10-24(26(9-3)28(33)15-20(5)31)16-22-17-25-13-12-23(14-19(4)27(32)11-8-2)21(6)30(25)29(34)18-22/h12-13,19,22,24,26H,7-11,14-18H2,1-6H3. The molecule has 0 radical (unpaired) electrons. The molecule has 0 saturated carbocycles. The molecular weight excluding hydrogens is 424 g/mol. The van der Waals surface area contributed by atoms with Gasteiger partial charge in [-0.25, -0.2) is 0 Å². The largest absolute Gasteiger partial charge is 0.300 e. The molecule has 2 rings (SSSR count). The van der Waals surface area contributed by atoms with Crippen LogP contribution in [-0.4, -0.2) is 23.1 Å². The van der Waals surface area contributed by atoms with Gasteiger partial charge in [-0.1, -0.05) is 52.7 Å². The van der Waals surface area contributed by atoms with E-state index in [9.17, 15) is 19.2 Å². The molecule has 0 N–H and O–H groups in total. The van der Waals surface area contributed by atoms with Crippen molar-refractivity contribution in [3.05, 3.63) is 34.4 Å². The zero-order valence-electron chi connectivity index (χ0n) is 22.2. The van der Waals surface area contributed by atoms with Crippen molar-refractivity contribution in [3.63, 3.8) is 0 Å². The van der Waals surface area contributed by atoms with Crippen molar-refractivity contribution in [3.8, 4) is 0 Å². The highest BCUT2D eigenvalue weighted by Crippen LogP contribution is 2.37. The first-order chi connectivity index (χ1) is 16.1. The van der Waals surface area contributed by atoms with Gasteiger partial charge in [-0.2, -0.15) is 0 Å². The molecule has 1 aromatic rings. The third-order valence-corrected chi connectivity index (χ3v) is 7.64. The molecule has 1 aliphatic rings. The summed E-state index contributed by atoms with van der Waals surface area (Å²) in [5, 5.41) is 0. The summed E-state index contributed by atoms with van der Waals surface area (Å²) in [6.45, 7) is 11.7. The summed E-state index contributed by atoms with van der Waals surface area (Å²) < 4.78 is 0. The predicted molar refractivity (Wildman–Crippen MR) is 137 cm³/mol. The molecule has 4 heteroatoms. The first-order valence-electron chi connectivity index (χ1n) is 13.3. The average molecular weight is 469 g/mol. The Kier molecular flexibility index (Phi) is 10.9. The summed E-state index contributed by atoms with van der Waals surface area (Å²) in [6.07, 6.45) is 7.07. The Balaban J connectivity index is 2.19. The topological polar surface area (TPSA) is 68.3 Å². The van der Waals surface area contributed by atoms with Gasteiger partial charge in [0.25, 0.3) is 0 Å². The molecule has 0 heterocycles. The zero-order valence-corrected chi connectivity index (χ0v) is 22.2. The molecule has 0 amide bonds. The van der Waals surface area contributed by atoms with Crippen molar-refractivity contribution in [2.24, 2.45) is 23.7 Å². The predicted octanol–water partition coefficient (Wildman–Crippen LogP) is 6.67. The Hall–Kier alpha value is -2.10. The van der Waals surface area contributed by atoms with Crippen LogP contribution >= 0.6 is 0 Å². The molecule has 0 saturated heterocycles. The van der Waals surface area contributed by atoms with Crippen LogP contribution in [0.2, 0.25) is 0 Å². The van der Waals surface area contributed by atoms with Crippen LogP contribution in [0.15, 0.2) is 12.1 Å². The maximum Gasteiger partial charge on any atom is 0.163 e. The van der Waals surface area contributed by atoms with Crippen molar-refractivity contribution in [1.29, 1.82) is 0 Å². The van der Waals surface area contributed by atoms with E-state index in [-0.39, 0.29) is 53.2 Å². The van der Waals surface area contributed by atoms with Crippen LogP contribution in [0.25, 0.3) is 0 Å². The number of Topliss-reactive ketones (excluding diaryl/α,β-unsaturated/α-hetero) is 4. The molecule has 1 aromatic carbocycles. The number of carbonyl (C=O) groups excluding carboxylic acids is 4. The van der Waals surface area contributed by atoms with E-state index < -0.39 is 0 Å². The number of ketones is 4. The highest BCUT2D eigenvalue weighted by Gasteiger charge is 2.33. The van der Waals surface area contributed by atoms with Gasteiger partial charge in [0.2, 0.25) is 0 Å². The van der Waals surface area contributed by atoms with Crippen molar-refractivity contribution in [2.45, 2.75) is 106 Å². The summed E-state index contributed by atoms with van der Waals surface area (Å²) in [4.78, 5) is 49.8. The van der Waals surface area contributed by atoms with Crippen LogP contribution in [-0.2, 0) is 27.2 Å². The minimum atomic E-state index is -0.105. The highest BCUT2D eigenvalue weighted by atomic mass is 16.1. The van der Waals surface area contributed by atoms with Gasteiger partial charge in [-0.05, 0) is 74.5 Å². The van der Waals surface area contributed by atoms with Crippen LogP contribution in [0.5, 0.6) is 0 Å². The van der Waals surface area contributed by atoms with Crippen LogP contribution < -0.4 is 0 Å². The second-order valence-electron chi connectivity index (χ2n) is 10.5. The van der Waals surface area contributed by atoms with Crippen LogP contribution in [0.4, 0.5) is 0 Å². The SMILES string of the molecule is CCCC(=O)C(C)Cc1ccc2c(c1C)C(=O)CC(CC(CCC)C(CC)C(=O)CC(C)=O)C2. The lowest BCUT2D eigenvalue weighted by Gasteiger charge is -2.32. The molecule has 0 fully saturated rings. The summed E-state index contributed by atoms with van der Waals surface area (Å²) in [7, 11) is 0. The molecule has 0 aromatic heterocycles. The van der Waals surface area contributed by atoms with Gasteiger partial charge < -0.3 is 0 Å². The summed E-state index contributed by atoms with van der Waals surface area (Å²) in [5.41, 5.74) is 4.10. The third-order valence-electron chi connectivity index (χ3n) is 7.64. The lowest BCUT2D eigenvalue weighted by atomic mass is 9.71. The molecule has 1 aliphatic carbocycles. The summed E-state index contributed by atoms with van der Waals surface area (Å²) in [6, 6.07) is 4.19. The van der Waals surface area contributed by atoms with Gasteiger partial charge in [0.15, 0.2) is 5.78 Å². The number of fused-ring (bicyclic) bond motifs is 1. The van der Waals surface area contributed by atoms with Gasteiger partial charge in [0.05, 0.1) is 6.42 Å². The van der Waals surface area contributed by atoms with E-state index >= 15 is 0 Å². The van der Waals surface area contributed by atoms with Crippen LogP contribution in [0, 0.1) is 30.6 Å². The minimum absolute atomic E-state index is 0.0201. The summed E-state index contributed by atoms with van der Waals surface area (Å²) in [5.74, 6) is 0.774. The van der Waals surface area contributed by atoms with E-state index in [4.69, 9.17) is 0 Å². The van der Waals surface area contributed by atoms with Crippen LogP contribution in [0.3, 0.4) is 0 Å². The normalized spacial score (nSPS) is 18.2. The molecule has 0 bridgehead atoms. The van der Waals surface area contributed by atoms with Crippen molar-refractivity contribution < 1.29 is 19.2 Å². The molecule has 0 spiro atoms. The maximum absolute atomic E-state index is 13.3. The Morgan fingerprint density at radius 3 is 2.32 bits per heavy atom. The van der Waals surface area contributed by atoms with Crippen molar-refractivity contribution in [1.82, 2.24) is 0 Å². The zero-order chi connectivity index (χ0) is 25.4. The number of benzene rings is 1. The van der Waals surface area contributed by atoms with Crippen molar-refractivity contribution in [2.75, 3.05) is 0 Å². The molecule has 4 atom stereocenters. The molecule has 4 nitrogen and oxygen atoms in total. The summed E-state index contributed by atoms with van der Waals surface area (Å²) >= 11 is 0. The van der Waals surface area contributed by atoms with Gasteiger partial charge >= 0.3 is 0 Å². The third kappa shape index (κ3) is 7.20. The monoisotopic (exact) mass is 468 g/mol. The lowest BCUT2D eigenvalue weighted by Crippen LogP contribution is -2.30. The molecule has 188 valence electrons. The first-order valence-corrected chi connectivity index (χ1v) is 13.3. The fourth-order valence-corrected chi connectivity index (χ4v) is 5.92. The second kappa shape index (κ2) is 13.1. The van der Waals surface area contributed by atoms with E-state index in [1.54, 1.807) is 0 Å². The van der Waals surface area contributed by atoms with E-state index in [2.05, 4.69) is 19.1 Å². The van der Waals surface area contributed by atoms with Gasteiger partial charge in [-0.15, -0.1) is 0 Å². The first kappa shape index (κ1) is 28.1. The van der Waals surface area contributed by atoms with Crippen LogP contribution in [0.1, 0.15) is 113 Å². The molecule has 34 heavy (non-hydrogen) atoms. The molecule has 0 aliphatic heterocycles.